The molecule has 0 bridgehead atoms. The summed E-state index contributed by atoms with van der Waals surface area (Å²) in [7, 11) is 1.35. The molecule has 7 nitrogen and oxygen atoms in total. The summed E-state index contributed by atoms with van der Waals surface area (Å²) >= 11 is 1.40. The Hall–Kier alpha value is -3.26. The van der Waals surface area contributed by atoms with Crippen molar-refractivity contribution in [1.29, 1.82) is 0 Å². The van der Waals surface area contributed by atoms with E-state index in [0.29, 0.717) is 21.8 Å². The molecule has 4 aromatic rings. The summed E-state index contributed by atoms with van der Waals surface area (Å²) in [5, 5.41) is 0. The van der Waals surface area contributed by atoms with Crippen LogP contribution in [0.3, 0.4) is 0 Å². The van der Waals surface area contributed by atoms with Gasteiger partial charge in [-0.1, -0.05) is 36.8 Å². The summed E-state index contributed by atoms with van der Waals surface area (Å²) in [6, 6.07) is 11.7. The standard InChI is InChI=1S/C23H24N4O3S/c1-4-5-8-16-10-11-17-18(13-16)31-23(27(17)14-20(28)30-3)25-22(29)21-15(2)24-19-9-6-7-12-26(19)21/h6-7,9-13H,4-5,8,14H2,1-3H3. The number of esters is 1. The summed E-state index contributed by atoms with van der Waals surface area (Å²) in [5.41, 5.74) is 3.81. The number of amides is 1. The number of hydrogen-bond donors (Lipinski definition) is 0. The van der Waals surface area contributed by atoms with Crippen LogP contribution in [0.25, 0.3) is 15.9 Å². The van der Waals surface area contributed by atoms with Gasteiger partial charge in [0.05, 0.1) is 23.0 Å². The summed E-state index contributed by atoms with van der Waals surface area (Å²) < 4.78 is 9.33. The van der Waals surface area contributed by atoms with E-state index in [1.165, 1.54) is 24.0 Å². The Balaban J connectivity index is 1.84. The van der Waals surface area contributed by atoms with Gasteiger partial charge in [-0.2, -0.15) is 4.99 Å². The Labute approximate surface area is 183 Å². The van der Waals surface area contributed by atoms with E-state index >= 15 is 0 Å². The lowest BCUT2D eigenvalue weighted by Gasteiger charge is -2.05. The minimum absolute atomic E-state index is 0.0109. The van der Waals surface area contributed by atoms with E-state index in [0.717, 1.165) is 29.5 Å². The molecule has 0 aliphatic heterocycles. The summed E-state index contributed by atoms with van der Waals surface area (Å²) in [6.45, 7) is 3.95. The van der Waals surface area contributed by atoms with E-state index < -0.39 is 11.9 Å². The third-order valence-corrected chi connectivity index (χ3v) is 6.23. The molecule has 4 rings (SSSR count). The van der Waals surface area contributed by atoms with Crippen molar-refractivity contribution in [3.63, 3.8) is 0 Å². The van der Waals surface area contributed by atoms with Crippen molar-refractivity contribution in [3.05, 3.63) is 64.3 Å². The number of unbranched alkanes of at least 4 members (excludes halogenated alkanes) is 1. The second-order valence-electron chi connectivity index (χ2n) is 7.34. The Morgan fingerprint density at radius 2 is 2.06 bits per heavy atom. The minimum Gasteiger partial charge on any atom is -0.468 e. The quantitative estimate of drug-likeness (QED) is 0.429. The molecule has 0 unspecified atom stereocenters. The fourth-order valence-corrected chi connectivity index (χ4v) is 4.69. The van der Waals surface area contributed by atoms with Gasteiger partial charge in [0.1, 0.15) is 17.9 Å². The third kappa shape index (κ3) is 4.16. The van der Waals surface area contributed by atoms with Gasteiger partial charge >= 0.3 is 5.97 Å². The lowest BCUT2D eigenvalue weighted by atomic mass is 10.1. The van der Waals surface area contributed by atoms with Crippen molar-refractivity contribution < 1.29 is 14.3 Å². The number of ether oxygens (including phenoxy) is 1. The number of rotatable bonds is 6. The molecule has 0 saturated carbocycles. The average molecular weight is 437 g/mol. The van der Waals surface area contributed by atoms with Gasteiger partial charge in [-0.25, -0.2) is 4.98 Å². The summed E-state index contributed by atoms with van der Waals surface area (Å²) in [6.07, 6.45) is 5.03. The van der Waals surface area contributed by atoms with Crippen LogP contribution in [0.1, 0.15) is 41.5 Å². The molecule has 0 radical (unpaired) electrons. The molecule has 160 valence electrons. The number of thiazole rings is 1. The molecule has 0 fully saturated rings. The molecule has 0 saturated heterocycles. The normalized spacial score (nSPS) is 12.0. The number of aryl methyl sites for hydroxylation is 2. The maximum Gasteiger partial charge on any atom is 0.325 e. The molecule has 0 aliphatic carbocycles. The molecule has 3 heterocycles. The molecule has 3 aromatic heterocycles. The van der Waals surface area contributed by atoms with Crippen LogP contribution in [-0.2, 0) is 22.5 Å². The van der Waals surface area contributed by atoms with Gasteiger partial charge in [0.15, 0.2) is 4.80 Å². The van der Waals surface area contributed by atoms with Gasteiger partial charge in [0, 0.05) is 6.20 Å². The highest BCUT2D eigenvalue weighted by atomic mass is 32.1. The highest BCUT2D eigenvalue weighted by Crippen LogP contribution is 2.21. The summed E-state index contributed by atoms with van der Waals surface area (Å²) in [5.74, 6) is -0.790. The first-order chi connectivity index (χ1) is 15.0. The second-order valence-corrected chi connectivity index (χ2v) is 8.35. The van der Waals surface area contributed by atoms with Gasteiger partial charge in [0.25, 0.3) is 5.91 Å². The number of imidazole rings is 1. The van der Waals surface area contributed by atoms with E-state index in [9.17, 15) is 9.59 Å². The molecule has 31 heavy (non-hydrogen) atoms. The molecule has 1 amide bonds. The molecule has 8 heteroatoms. The second kappa shape index (κ2) is 8.85. The number of carbonyl (C=O) groups excluding carboxylic acids is 2. The average Bonchev–Trinajstić information content (AvgIpc) is 3.27. The molecule has 1 aromatic carbocycles. The Kier molecular flexibility index (Phi) is 5.99. The molecular weight excluding hydrogens is 412 g/mol. The van der Waals surface area contributed by atoms with Gasteiger partial charge in [0.2, 0.25) is 0 Å². The minimum atomic E-state index is -0.396. The van der Waals surface area contributed by atoms with Gasteiger partial charge in [-0.05, 0) is 49.6 Å². The van der Waals surface area contributed by atoms with Gasteiger partial charge in [-0.3, -0.25) is 14.0 Å². The zero-order chi connectivity index (χ0) is 22.0. The van der Waals surface area contributed by atoms with Crippen LogP contribution >= 0.6 is 11.3 Å². The molecule has 0 spiro atoms. The maximum atomic E-state index is 13.2. The smallest absolute Gasteiger partial charge is 0.325 e. The number of aromatic nitrogens is 3. The zero-order valence-corrected chi connectivity index (χ0v) is 18.6. The van der Waals surface area contributed by atoms with Crippen LogP contribution in [-0.4, -0.2) is 32.9 Å². The van der Waals surface area contributed by atoms with Crippen molar-refractivity contribution in [3.8, 4) is 0 Å². The lowest BCUT2D eigenvalue weighted by Crippen LogP contribution is -2.22. The Morgan fingerprint density at radius 3 is 2.84 bits per heavy atom. The first-order valence-corrected chi connectivity index (χ1v) is 11.0. The number of pyridine rings is 1. The molecule has 0 aliphatic rings. The van der Waals surface area contributed by atoms with Crippen molar-refractivity contribution >= 4 is 39.1 Å². The van der Waals surface area contributed by atoms with Crippen LogP contribution in [0.4, 0.5) is 0 Å². The highest BCUT2D eigenvalue weighted by molar-refractivity contribution is 7.16. The fourth-order valence-electron chi connectivity index (χ4n) is 3.60. The number of fused-ring (bicyclic) bond motifs is 2. The van der Waals surface area contributed by atoms with Crippen LogP contribution in [0.2, 0.25) is 0 Å². The lowest BCUT2D eigenvalue weighted by molar-refractivity contribution is -0.141. The highest BCUT2D eigenvalue weighted by Gasteiger charge is 2.18. The first-order valence-electron chi connectivity index (χ1n) is 10.2. The first kappa shape index (κ1) is 21.0. The fraction of sp³-hybridized carbons (Fsp3) is 0.304. The Morgan fingerprint density at radius 1 is 1.23 bits per heavy atom. The number of benzene rings is 1. The van der Waals surface area contributed by atoms with E-state index in [2.05, 4.69) is 29.0 Å². The predicted octanol–water partition coefficient (Wildman–Crippen LogP) is 3.92. The van der Waals surface area contributed by atoms with E-state index in [-0.39, 0.29) is 6.54 Å². The van der Waals surface area contributed by atoms with E-state index in [1.807, 2.05) is 24.3 Å². The van der Waals surface area contributed by atoms with Crippen LogP contribution in [0.15, 0.2) is 47.6 Å². The van der Waals surface area contributed by atoms with Crippen LogP contribution < -0.4 is 4.80 Å². The number of hydrogen-bond acceptors (Lipinski definition) is 5. The van der Waals surface area contributed by atoms with Gasteiger partial charge in [-0.15, -0.1) is 0 Å². The van der Waals surface area contributed by atoms with Crippen molar-refractivity contribution in [2.45, 2.75) is 39.7 Å². The van der Waals surface area contributed by atoms with E-state index in [1.54, 1.807) is 22.1 Å². The van der Waals surface area contributed by atoms with Crippen molar-refractivity contribution in [2.75, 3.05) is 7.11 Å². The molecule has 0 atom stereocenters. The number of methoxy groups -OCH3 is 1. The SMILES string of the molecule is CCCCc1ccc2c(c1)sc(=NC(=O)c1c(C)nc3ccccn13)n2CC(=O)OC. The number of carbonyl (C=O) groups is 2. The largest absolute Gasteiger partial charge is 0.468 e. The maximum absolute atomic E-state index is 13.2. The van der Waals surface area contributed by atoms with E-state index in [4.69, 9.17) is 4.74 Å². The summed E-state index contributed by atoms with van der Waals surface area (Å²) in [4.78, 5) is 34.5. The van der Waals surface area contributed by atoms with Crippen LogP contribution in [0.5, 0.6) is 0 Å². The molecule has 0 N–H and O–H groups in total. The topological polar surface area (TPSA) is 78.0 Å². The monoisotopic (exact) mass is 436 g/mol. The van der Waals surface area contributed by atoms with Crippen molar-refractivity contribution in [1.82, 2.24) is 14.0 Å². The van der Waals surface area contributed by atoms with Crippen LogP contribution in [0, 0.1) is 6.92 Å². The zero-order valence-electron chi connectivity index (χ0n) is 17.8. The third-order valence-electron chi connectivity index (χ3n) is 5.19. The van der Waals surface area contributed by atoms with Crippen molar-refractivity contribution in [2.24, 2.45) is 4.99 Å². The van der Waals surface area contributed by atoms with Gasteiger partial charge < -0.3 is 9.30 Å². The molecular formula is C23H24N4O3S. The number of nitrogens with zero attached hydrogens (tertiary/aromatic N) is 4. The predicted molar refractivity (Wildman–Crippen MR) is 120 cm³/mol. The Bertz CT molecular complexity index is 1350.